The van der Waals surface area contributed by atoms with Gasteiger partial charge in [-0.05, 0) is 62.5 Å². The minimum absolute atomic E-state index is 0.0657. The Labute approximate surface area is 187 Å². The fourth-order valence-corrected chi connectivity index (χ4v) is 7.48. The van der Waals surface area contributed by atoms with E-state index in [1.165, 1.54) is 37.0 Å². The highest BCUT2D eigenvalue weighted by atomic mass is 32.2. The molecule has 1 amide bonds. The molecule has 1 N–H and O–H groups in total. The number of anilines is 2. The Hall–Kier alpha value is -1.80. The molecule has 0 atom stereocenters. The molecule has 1 aromatic rings. The Morgan fingerprint density at radius 3 is 2.19 bits per heavy atom. The first-order chi connectivity index (χ1) is 14.8. The Balaban J connectivity index is 1.45. The van der Waals surface area contributed by atoms with E-state index in [1.807, 2.05) is 18.2 Å². The zero-order valence-electron chi connectivity index (χ0n) is 19.0. The smallest absolute Gasteiger partial charge is 0.327 e. The number of likely N-dealkylation sites (N-methyl/N-ethyl adjacent to an activating group) is 1. The number of amides is 1. The average molecular weight is 449 g/mol. The summed E-state index contributed by atoms with van der Waals surface area (Å²) in [5, 5.41) is 2.54. The van der Waals surface area contributed by atoms with Crippen LogP contribution in [0.3, 0.4) is 0 Å². The van der Waals surface area contributed by atoms with Gasteiger partial charge in [0.25, 0.3) is 0 Å². The van der Waals surface area contributed by atoms with Gasteiger partial charge >= 0.3 is 10.2 Å². The van der Waals surface area contributed by atoms with Crippen molar-refractivity contribution in [2.75, 3.05) is 35.3 Å². The molecular weight excluding hydrogens is 412 g/mol. The number of likely N-dealkylation sites (tertiary alicyclic amines) is 1. The van der Waals surface area contributed by atoms with E-state index in [0.717, 1.165) is 37.8 Å². The summed E-state index contributed by atoms with van der Waals surface area (Å²) in [5.41, 5.74) is 1.29. The van der Waals surface area contributed by atoms with Gasteiger partial charge in [-0.2, -0.15) is 8.42 Å². The summed E-state index contributed by atoms with van der Waals surface area (Å²) >= 11 is 0. The third kappa shape index (κ3) is 4.29. The minimum Gasteiger partial charge on any atom is -0.358 e. The van der Waals surface area contributed by atoms with Crippen LogP contribution < -0.4 is 13.9 Å². The quantitative estimate of drug-likeness (QED) is 0.752. The number of carbonyl (C=O) groups is 1. The lowest BCUT2D eigenvalue weighted by Crippen LogP contribution is -2.52. The van der Waals surface area contributed by atoms with Crippen LogP contribution in [0.4, 0.5) is 11.4 Å². The van der Waals surface area contributed by atoms with Crippen LogP contribution in [0.2, 0.25) is 0 Å². The molecule has 4 rings (SSSR count). The van der Waals surface area contributed by atoms with Crippen LogP contribution in [0.15, 0.2) is 24.3 Å². The van der Waals surface area contributed by atoms with Crippen molar-refractivity contribution in [3.05, 3.63) is 24.3 Å². The second kappa shape index (κ2) is 8.98. The number of hydrogen-bond donors (Lipinski definition) is 1. The number of nitrogens with one attached hydrogen (secondary N) is 1. The number of hydrogen-bond acceptors (Lipinski definition) is 4. The van der Waals surface area contributed by atoms with Crippen molar-refractivity contribution in [2.24, 2.45) is 11.8 Å². The molecule has 3 aliphatic rings. The fraction of sp³-hybridized carbons (Fsp3) is 0.696. The summed E-state index contributed by atoms with van der Waals surface area (Å²) in [6.45, 7) is 6.34. The van der Waals surface area contributed by atoms with E-state index in [1.54, 1.807) is 10.4 Å². The van der Waals surface area contributed by atoms with Gasteiger partial charge in [0.2, 0.25) is 5.91 Å². The highest BCUT2D eigenvalue weighted by Gasteiger charge is 2.45. The van der Waals surface area contributed by atoms with E-state index in [-0.39, 0.29) is 18.5 Å². The summed E-state index contributed by atoms with van der Waals surface area (Å²) in [4.78, 5) is 14.6. The summed E-state index contributed by atoms with van der Waals surface area (Å²) in [7, 11) is -2.24. The minimum atomic E-state index is -3.76. The molecular formula is C23H36N4O3S. The third-order valence-corrected chi connectivity index (χ3v) is 9.39. The Morgan fingerprint density at radius 1 is 1.00 bits per heavy atom. The number of nitrogens with zero attached hydrogens (tertiary/aromatic N) is 3. The van der Waals surface area contributed by atoms with Gasteiger partial charge in [0.1, 0.15) is 6.54 Å². The van der Waals surface area contributed by atoms with Crippen LogP contribution in [0.1, 0.15) is 52.4 Å². The molecule has 0 bridgehead atoms. The SMILES string of the molecule is CNC(=O)CN1c2ccccc2N(C2CCN(C3CCC(C(C)C)CC3)CC2)S1(=O)=O. The molecule has 2 aliphatic heterocycles. The molecule has 0 radical (unpaired) electrons. The summed E-state index contributed by atoms with van der Waals surface area (Å²) in [6, 6.07) is 7.92. The first-order valence-electron chi connectivity index (χ1n) is 11.7. The molecule has 1 aromatic carbocycles. The molecule has 1 saturated heterocycles. The van der Waals surface area contributed by atoms with Crippen LogP contribution in [0.25, 0.3) is 0 Å². The highest BCUT2D eigenvalue weighted by Crippen LogP contribution is 2.43. The van der Waals surface area contributed by atoms with Crippen LogP contribution in [0, 0.1) is 11.8 Å². The number of rotatable bonds is 5. The molecule has 0 spiro atoms. The monoisotopic (exact) mass is 448 g/mol. The second-order valence-corrected chi connectivity index (χ2v) is 11.3. The van der Waals surface area contributed by atoms with Crippen molar-refractivity contribution >= 4 is 27.5 Å². The second-order valence-electron chi connectivity index (χ2n) is 9.55. The third-order valence-electron chi connectivity index (χ3n) is 7.51. The standard InChI is InChI=1S/C23H36N4O3S/c1-17(2)18-8-10-19(11-9-18)25-14-12-20(13-15-25)27-22-7-5-4-6-21(22)26(31(27,29)30)16-23(28)24-3/h4-7,17-20H,8-16H2,1-3H3,(H,24,28). The summed E-state index contributed by atoms with van der Waals surface area (Å²) in [6.07, 6.45) is 6.79. The highest BCUT2D eigenvalue weighted by molar-refractivity contribution is 7.94. The van der Waals surface area contributed by atoms with Gasteiger partial charge in [-0.1, -0.05) is 26.0 Å². The molecule has 2 heterocycles. The van der Waals surface area contributed by atoms with Gasteiger partial charge < -0.3 is 10.2 Å². The molecule has 0 unspecified atom stereocenters. The number of fused-ring (bicyclic) bond motifs is 1. The van der Waals surface area contributed by atoms with Crippen LogP contribution >= 0.6 is 0 Å². The van der Waals surface area contributed by atoms with E-state index >= 15 is 0 Å². The number of para-hydroxylation sites is 2. The van der Waals surface area contributed by atoms with Crippen molar-refractivity contribution in [1.29, 1.82) is 0 Å². The van der Waals surface area contributed by atoms with Crippen molar-refractivity contribution in [1.82, 2.24) is 10.2 Å². The van der Waals surface area contributed by atoms with E-state index < -0.39 is 10.2 Å². The molecule has 1 aliphatic carbocycles. The van der Waals surface area contributed by atoms with Gasteiger partial charge in [-0.15, -0.1) is 0 Å². The lowest BCUT2D eigenvalue weighted by molar-refractivity contribution is -0.119. The van der Waals surface area contributed by atoms with Gasteiger partial charge in [0.05, 0.1) is 11.4 Å². The molecule has 1 saturated carbocycles. The molecule has 0 aromatic heterocycles. The normalized spacial score (nSPS) is 26.8. The van der Waals surface area contributed by atoms with E-state index in [0.29, 0.717) is 17.4 Å². The zero-order chi connectivity index (χ0) is 22.2. The van der Waals surface area contributed by atoms with Crippen molar-refractivity contribution in [3.8, 4) is 0 Å². The maximum Gasteiger partial charge on any atom is 0.327 e. The lowest BCUT2D eigenvalue weighted by Gasteiger charge is -2.43. The molecule has 8 heteroatoms. The van der Waals surface area contributed by atoms with Crippen molar-refractivity contribution in [3.63, 3.8) is 0 Å². The summed E-state index contributed by atoms with van der Waals surface area (Å²) < 4.78 is 29.7. The maximum absolute atomic E-state index is 13.4. The maximum atomic E-state index is 13.4. The van der Waals surface area contributed by atoms with Gasteiger partial charge in [-0.3, -0.25) is 4.79 Å². The van der Waals surface area contributed by atoms with Crippen LogP contribution in [-0.2, 0) is 15.0 Å². The molecule has 7 nitrogen and oxygen atoms in total. The van der Waals surface area contributed by atoms with Crippen LogP contribution in [0.5, 0.6) is 0 Å². The van der Waals surface area contributed by atoms with Gasteiger partial charge in [0, 0.05) is 32.2 Å². The topological polar surface area (TPSA) is 73.0 Å². The van der Waals surface area contributed by atoms with Gasteiger partial charge in [0.15, 0.2) is 0 Å². The average Bonchev–Trinajstić information content (AvgIpc) is 3.00. The predicted octanol–water partition coefficient (Wildman–Crippen LogP) is 2.98. The number of benzene rings is 1. The van der Waals surface area contributed by atoms with E-state index in [9.17, 15) is 13.2 Å². The van der Waals surface area contributed by atoms with Crippen molar-refractivity contribution in [2.45, 2.75) is 64.5 Å². The van der Waals surface area contributed by atoms with Crippen LogP contribution in [-0.4, -0.2) is 58.0 Å². The first kappa shape index (κ1) is 22.4. The fourth-order valence-electron chi connectivity index (χ4n) is 5.60. The lowest BCUT2D eigenvalue weighted by atomic mass is 9.79. The zero-order valence-corrected chi connectivity index (χ0v) is 19.8. The van der Waals surface area contributed by atoms with Crippen molar-refractivity contribution < 1.29 is 13.2 Å². The van der Waals surface area contributed by atoms with Gasteiger partial charge in [-0.25, -0.2) is 8.61 Å². The summed E-state index contributed by atoms with van der Waals surface area (Å²) in [5.74, 6) is 1.31. The molecule has 172 valence electrons. The first-order valence-corrected chi connectivity index (χ1v) is 13.1. The number of carbonyl (C=O) groups excluding carboxylic acids is 1. The molecule has 31 heavy (non-hydrogen) atoms. The Kier molecular flexibility index (Phi) is 6.49. The Morgan fingerprint density at radius 2 is 1.61 bits per heavy atom. The van der Waals surface area contributed by atoms with E-state index in [4.69, 9.17) is 0 Å². The largest absolute Gasteiger partial charge is 0.358 e. The predicted molar refractivity (Wildman–Crippen MR) is 124 cm³/mol. The molecule has 2 fully saturated rings. The number of piperidine rings is 1. The Bertz CT molecular complexity index is 888. The van der Waals surface area contributed by atoms with E-state index in [2.05, 4.69) is 24.1 Å².